The SMILES string of the molecule is NC1=CCc2cc(Nc3ncc(Cl)cn3)ccc2[C@@H]1C=O. The third kappa shape index (κ3) is 2.73. The molecule has 0 aliphatic heterocycles. The molecule has 1 aromatic carbocycles. The maximum atomic E-state index is 11.2. The van der Waals surface area contributed by atoms with Crippen LogP contribution in [-0.2, 0) is 11.2 Å². The molecule has 21 heavy (non-hydrogen) atoms. The molecule has 0 fully saturated rings. The van der Waals surface area contributed by atoms with Crippen LogP contribution in [0.25, 0.3) is 0 Å². The summed E-state index contributed by atoms with van der Waals surface area (Å²) in [5, 5.41) is 3.59. The van der Waals surface area contributed by atoms with Crippen LogP contribution in [0.15, 0.2) is 42.4 Å². The highest BCUT2D eigenvalue weighted by Crippen LogP contribution is 2.31. The fourth-order valence-corrected chi connectivity index (χ4v) is 2.45. The van der Waals surface area contributed by atoms with Crippen molar-refractivity contribution in [2.75, 3.05) is 5.32 Å². The van der Waals surface area contributed by atoms with E-state index in [1.54, 1.807) is 0 Å². The lowest BCUT2D eigenvalue weighted by Crippen LogP contribution is -2.17. The molecule has 6 heteroatoms. The van der Waals surface area contributed by atoms with Crippen molar-refractivity contribution in [2.24, 2.45) is 5.73 Å². The van der Waals surface area contributed by atoms with E-state index >= 15 is 0 Å². The molecule has 0 spiro atoms. The van der Waals surface area contributed by atoms with Gasteiger partial charge in [0.05, 0.1) is 23.3 Å². The Balaban J connectivity index is 1.88. The van der Waals surface area contributed by atoms with E-state index in [1.165, 1.54) is 12.4 Å². The summed E-state index contributed by atoms with van der Waals surface area (Å²) in [6, 6.07) is 5.77. The normalized spacial score (nSPS) is 16.8. The zero-order valence-corrected chi connectivity index (χ0v) is 11.8. The van der Waals surface area contributed by atoms with Crippen LogP contribution in [0.1, 0.15) is 17.0 Å². The minimum Gasteiger partial charge on any atom is -0.401 e. The smallest absolute Gasteiger partial charge is 0.227 e. The van der Waals surface area contributed by atoms with Crippen LogP contribution < -0.4 is 11.1 Å². The first-order chi connectivity index (χ1) is 10.2. The number of hydrogen-bond donors (Lipinski definition) is 2. The summed E-state index contributed by atoms with van der Waals surface area (Å²) in [5.41, 5.74) is 9.35. The van der Waals surface area contributed by atoms with Gasteiger partial charge in [0, 0.05) is 11.4 Å². The van der Waals surface area contributed by atoms with Gasteiger partial charge >= 0.3 is 0 Å². The number of nitrogens with zero attached hydrogens (tertiary/aromatic N) is 2. The third-order valence-electron chi connectivity index (χ3n) is 3.41. The molecular formula is C15H13ClN4O. The lowest BCUT2D eigenvalue weighted by Gasteiger charge is -2.21. The number of nitrogens with two attached hydrogens (primary N) is 1. The second-order valence-electron chi connectivity index (χ2n) is 4.79. The Kier molecular flexibility index (Phi) is 3.58. The van der Waals surface area contributed by atoms with E-state index in [-0.39, 0.29) is 5.92 Å². The Morgan fingerprint density at radius 3 is 2.81 bits per heavy atom. The maximum Gasteiger partial charge on any atom is 0.227 e. The maximum absolute atomic E-state index is 11.2. The zero-order valence-electron chi connectivity index (χ0n) is 11.1. The van der Waals surface area contributed by atoms with Gasteiger partial charge in [-0.25, -0.2) is 9.97 Å². The van der Waals surface area contributed by atoms with E-state index in [0.717, 1.165) is 23.1 Å². The second-order valence-corrected chi connectivity index (χ2v) is 5.22. The van der Waals surface area contributed by atoms with E-state index < -0.39 is 0 Å². The fraction of sp³-hybridized carbons (Fsp3) is 0.133. The summed E-state index contributed by atoms with van der Waals surface area (Å²) in [4.78, 5) is 19.3. The Morgan fingerprint density at radius 2 is 2.10 bits per heavy atom. The van der Waals surface area contributed by atoms with Gasteiger partial charge in [0.15, 0.2) is 0 Å². The summed E-state index contributed by atoms with van der Waals surface area (Å²) < 4.78 is 0. The van der Waals surface area contributed by atoms with Gasteiger partial charge in [-0.15, -0.1) is 0 Å². The van der Waals surface area contributed by atoms with Crippen LogP contribution >= 0.6 is 11.6 Å². The van der Waals surface area contributed by atoms with Crippen molar-refractivity contribution in [1.82, 2.24) is 9.97 Å². The number of rotatable bonds is 3. The molecular weight excluding hydrogens is 288 g/mol. The molecule has 3 rings (SSSR count). The van der Waals surface area contributed by atoms with Gasteiger partial charge in [-0.1, -0.05) is 23.7 Å². The van der Waals surface area contributed by atoms with Crippen molar-refractivity contribution in [1.29, 1.82) is 0 Å². The number of benzene rings is 1. The highest BCUT2D eigenvalue weighted by molar-refractivity contribution is 6.30. The van der Waals surface area contributed by atoms with Crippen LogP contribution in [0, 0.1) is 0 Å². The van der Waals surface area contributed by atoms with Crippen molar-refractivity contribution < 1.29 is 4.79 Å². The largest absolute Gasteiger partial charge is 0.401 e. The van der Waals surface area contributed by atoms with Crippen molar-refractivity contribution in [2.45, 2.75) is 12.3 Å². The number of allylic oxidation sites excluding steroid dienone is 2. The number of carbonyl (C=O) groups is 1. The molecule has 2 aromatic rings. The van der Waals surface area contributed by atoms with Crippen molar-refractivity contribution in [3.05, 3.63) is 58.5 Å². The summed E-state index contributed by atoms with van der Waals surface area (Å²) in [6.45, 7) is 0. The quantitative estimate of drug-likeness (QED) is 0.851. The standard InChI is InChI=1S/C15H13ClN4O/c16-10-6-18-15(19-7-10)20-11-2-3-12-9(5-11)1-4-14(17)13(12)8-21/h2-8,13H,1,17H2,(H,18,19,20)/t13-/m0/s1. The van der Waals surface area contributed by atoms with Crippen LogP contribution in [0.5, 0.6) is 0 Å². The summed E-state index contributed by atoms with van der Waals surface area (Å²) in [7, 11) is 0. The molecule has 0 unspecified atom stereocenters. The molecule has 0 radical (unpaired) electrons. The number of fused-ring (bicyclic) bond motifs is 1. The summed E-state index contributed by atoms with van der Waals surface area (Å²) in [6.07, 6.45) is 6.52. The Hall–Kier alpha value is -2.40. The van der Waals surface area contributed by atoms with Crippen LogP contribution in [0.3, 0.4) is 0 Å². The molecule has 1 aromatic heterocycles. The van der Waals surface area contributed by atoms with E-state index in [2.05, 4.69) is 15.3 Å². The van der Waals surface area contributed by atoms with E-state index in [0.29, 0.717) is 23.1 Å². The van der Waals surface area contributed by atoms with Crippen LogP contribution in [0.2, 0.25) is 5.02 Å². The first-order valence-electron chi connectivity index (χ1n) is 6.45. The molecule has 0 saturated heterocycles. The minimum atomic E-state index is -0.352. The monoisotopic (exact) mass is 300 g/mol. The number of halogens is 1. The van der Waals surface area contributed by atoms with E-state index in [1.807, 2.05) is 24.3 Å². The number of anilines is 2. The topological polar surface area (TPSA) is 80.9 Å². The Bertz CT molecular complexity index is 712. The number of carbonyl (C=O) groups excluding carboxylic acids is 1. The van der Waals surface area contributed by atoms with Gasteiger partial charge in [0.1, 0.15) is 6.29 Å². The average Bonchev–Trinajstić information content (AvgIpc) is 2.50. The first kappa shape index (κ1) is 13.6. The zero-order chi connectivity index (χ0) is 14.8. The predicted octanol–water partition coefficient (Wildman–Crippen LogP) is 2.55. The van der Waals surface area contributed by atoms with Crippen LogP contribution in [0.4, 0.5) is 11.6 Å². The number of hydrogen-bond acceptors (Lipinski definition) is 5. The lowest BCUT2D eigenvalue weighted by atomic mass is 9.86. The van der Waals surface area contributed by atoms with Gasteiger partial charge in [0.25, 0.3) is 0 Å². The lowest BCUT2D eigenvalue weighted by molar-refractivity contribution is -0.108. The first-order valence-corrected chi connectivity index (χ1v) is 6.83. The molecule has 1 aliphatic rings. The molecule has 0 saturated carbocycles. The third-order valence-corrected chi connectivity index (χ3v) is 3.60. The molecule has 0 amide bonds. The van der Waals surface area contributed by atoms with Crippen LogP contribution in [-0.4, -0.2) is 16.3 Å². The van der Waals surface area contributed by atoms with Gasteiger partial charge in [-0.05, 0) is 29.7 Å². The number of aromatic nitrogens is 2. The van der Waals surface area contributed by atoms with E-state index in [9.17, 15) is 4.79 Å². The number of aldehydes is 1. The Morgan fingerprint density at radius 1 is 1.33 bits per heavy atom. The second kappa shape index (κ2) is 5.54. The molecule has 1 atom stereocenters. The molecule has 106 valence electrons. The van der Waals surface area contributed by atoms with Crippen molar-refractivity contribution >= 4 is 29.5 Å². The molecule has 1 aliphatic carbocycles. The molecule has 0 bridgehead atoms. The fourth-order valence-electron chi connectivity index (χ4n) is 2.36. The molecule has 1 heterocycles. The number of nitrogens with one attached hydrogen (secondary N) is 1. The van der Waals surface area contributed by atoms with Gasteiger partial charge in [0.2, 0.25) is 5.95 Å². The summed E-state index contributed by atoms with van der Waals surface area (Å²) in [5.74, 6) is 0.117. The molecule has 3 N–H and O–H groups in total. The average molecular weight is 301 g/mol. The Labute approximate surface area is 126 Å². The predicted molar refractivity (Wildman–Crippen MR) is 81.5 cm³/mol. The summed E-state index contributed by atoms with van der Waals surface area (Å²) >= 11 is 5.75. The van der Waals surface area contributed by atoms with Crippen molar-refractivity contribution in [3.63, 3.8) is 0 Å². The molecule has 5 nitrogen and oxygen atoms in total. The van der Waals surface area contributed by atoms with Gasteiger partial charge < -0.3 is 15.8 Å². The van der Waals surface area contributed by atoms with Gasteiger partial charge in [-0.3, -0.25) is 0 Å². The minimum absolute atomic E-state index is 0.352. The highest BCUT2D eigenvalue weighted by atomic mass is 35.5. The van der Waals surface area contributed by atoms with Crippen molar-refractivity contribution in [3.8, 4) is 0 Å². The van der Waals surface area contributed by atoms with E-state index in [4.69, 9.17) is 17.3 Å². The highest BCUT2D eigenvalue weighted by Gasteiger charge is 2.21. The van der Waals surface area contributed by atoms with Gasteiger partial charge in [-0.2, -0.15) is 0 Å².